The average Bonchev–Trinajstić information content (AvgIpc) is 3.58. The number of carbonyl (C=O) groups excluding carboxylic acids is 2. The maximum Gasteiger partial charge on any atom is 0.342 e. The number of benzene rings is 1. The third kappa shape index (κ3) is 4.92. The van der Waals surface area contributed by atoms with Crippen LogP contribution in [0, 0.1) is 6.92 Å². The number of cyclic esters (lactones) is 1. The lowest BCUT2D eigenvalue weighted by Gasteiger charge is -2.18. The van der Waals surface area contributed by atoms with E-state index in [1.54, 1.807) is 7.11 Å². The Morgan fingerprint density at radius 3 is 2.74 bits per heavy atom. The number of methoxy groups -OCH3 is 2. The number of esters is 1. The smallest absolute Gasteiger partial charge is 0.342 e. The van der Waals surface area contributed by atoms with Crippen LogP contribution in [-0.2, 0) is 27.3 Å². The lowest BCUT2D eigenvalue weighted by Crippen LogP contribution is -2.11. The first-order valence-electron chi connectivity index (χ1n) is 11.3. The van der Waals surface area contributed by atoms with Gasteiger partial charge in [-0.1, -0.05) is 23.0 Å². The molecule has 4 rings (SSSR count). The highest BCUT2D eigenvalue weighted by Gasteiger charge is 2.32. The molecule has 34 heavy (non-hydrogen) atoms. The molecule has 10 heteroatoms. The summed E-state index contributed by atoms with van der Waals surface area (Å²) in [5.74, 6) is 0.679. The van der Waals surface area contributed by atoms with Crippen LogP contribution >= 0.6 is 11.3 Å². The summed E-state index contributed by atoms with van der Waals surface area (Å²) in [5, 5.41) is 12.3. The molecule has 9 nitrogen and oxygen atoms in total. The monoisotopic (exact) mass is 487 g/mol. The Balaban J connectivity index is 1.39. The number of hydrogen-bond acceptors (Lipinski definition) is 9. The first-order valence-corrected chi connectivity index (χ1v) is 12.1. The molecule has 1 amide bonds. The Kier molecular flexibility index (Phi) is 7.47. The van der Waals surface area contributed by atoms with Gasteiger partial charge in [0.15, 0.2) is 0 Å². The van der Waals surface area contributed by atoms with Crippen molar-refractivity contribution in [2.24, 2.45) is 0 Å². The van der Waals surface area contributed by atoms with Crippen molar-refractivity contribution < 1.29 is 28.5 Å². The van der Waals surface area contributed by atoms with E-state index in [9.17, 15) is 9.59 Å². The number of ether oxygens (including phenoxy) is 4. The van der Waals surface area contributed by atoms with E-state index in [0.29, 0.717) is 41.5 Å². The number of aromatic nitrogens is 2. The van der Waals surface area contributed by atoms with Gasteiger partial charge >= 0.3 is 5.97 Å². The van der Waals surface area contributed by atoms with Crippen LogP contribution < -0.4 is 14.8 Å². The topological polar surface area (TPSA) is 109 Å². The van der Waals surface area contributed by atoms with Crippen molar-refractivity contribution in [1.82, 2.24) is 10.2 Å². The SMILES string of the molecule is COc1c(C)c2c(c(OC)c1CC=C(C)CCC(=O)Nc1nnc([C@@H]3CCCO3)s1)C(=O)OC2. The Bertz CT molecular complexity index is 1120. The highest BCUT2D eigenvalue weighted by atomic mass is 32.1. The molecule has 0 aliphatic carbocycles. The van der Waals surface area contributed by atoms with Crippen molar-refractivity contribution >= 4 is 28.3 Å². The number of fused-ring (bicyclic) bond motifs is 1. The minimum atomic E-state index is -0.379. The predicted octanol–water partition coefficient (Wildman–Crippen LogP) is 4.29. The Morgan fingerprint density at radius 2 is 2.03 bits per heavy atom. The molecule has 2 aliphatic heterocycles. The van der Waals surface area contributed by atoms with Gasteiger partial charge in [0.05, 0.1) is 14.2 Å². The van der Waals surface area contributed by atoms with Crippen LogP contribution in [0.4, 0.5) is 5.13 Å². The lowest BCUT2D eigenvalue weighted by molar-refractivity contribution is -0.116. The maximum absolute atomic E-state index is 12.4. The number of anilines is 1. The molecule has 1 fully saturated rings. The van der Waals surface area contributed by atoms with E-state index in [2.05, 4.69) is 15.5 Å². The molecule has 0 spiro atoms. The molecule has 2 aromatic rings. The molecule has 0 unspecified atom stereocenters. The normalized spacial score (nSPS) is 17.5. The number of rotatable bonds is 9. The van der Waals surface area contributed by atoms with Gasteiger partial charge in [-0.3, -0.25) is 4.79 Å². The number of amides is 1. The van der Waals surface area contributed by atoms with Gasteiger partial charge in [0.2, 0.25) is 11.0 Å². The number of hydrogen-bond donors (Lipinski definition) is 1. The highest BCUT2D eigenvalue weighted by Crippen LogP contribution is 2.42. The number of nitrogens with one attached hydrogen (secondary N) is 1. The van der Waals surface area contributed by atoms with Crippen molar-refractivity contribution in [1.29, 1.82) is 0 Å². The van der Waals surface area contributed by atoms with Crippen molar-refractivity contribution in [2.75, 3.05) is 26.1 Å². The second kappa shape index (κ2) is 10.5. The quantitative estimate of drug-likeness (QED) is 0.412. The largest absolute Gasteiger partial charge is 0.496 e. The van der Waals surface area contributed by atoms with Gasteiger partial charge in [0.25, 0.3) is 0 Å². The van der Waals surface area contributed by atoms with Crippen molar-refractivity contribution in [3.63, 3.8) is 0 Å². The zero-order chi connectivity index (χ0) is 24.2. The molecule has 1 aromatic carbocycles. The van der Waals surface area contributed by atoms with Gasteiger partial charge in [-0.25, -0.2) is 4.79 Å². The fourth-order valence-corrected chi connectivity index (χ4v) is 5.14. The Hall–Kier alpha value is -2.98. The van der Waals surface area contributed by atoms with E-state index >= 15 is 0 Å². The van der Waals surface area contributed by atoms with Gasteiger partial charge in [-0.15, -0.1) is 10.2 Å². The molecule has 1 saturated heterocycles. The molecule has 1 atom stereocenters. The average molecular weight is 488 g/mol. The summed E-state index contributed by atoms with van der Waals surface area (Å²) in [7, 11) is 3.14. The highest BCUT2D eigenvalue weighted by molar-refractivity contribution is 7.15. The zero-order valence-electron chi connectivity index (χ0n) is 19.9. The summed E-state index contributed by atoms with van der Waals surface area (Å²) in [6.45, 7) is 4.85. The Labute approximate surface area is 202 Å². The summed E-state index contributed by atoms with van der Waals surface area (Å²) in [6, 6.07) is 0. The maximum atomic E-state index is 12.4. The molecule has 1 aromatic heterocycles. The van der Waals surface area contributed by atoms with Gasteiger partial charge in [-0.2, -0.15) is 0 Å². The molecule has 0 radical (unpaired) electrons. The molecule has 182 valence electrons. The summed E-state index contributed by atoms with van der Waals surface area (Å²) >= 11 is 1.36. The fraction of sp³-hybridized carbons (Fsp3) is 0.500. The fourth-order valence-electron chi connectivity index (χ4n) is 4.29. The van der Waals surface area contributed by atoms with E-state index in [4.69, 9.17) is 18.9 Å². The van der Waals surface area contributed by atoms with Gasteiger partial charge < -0.3 is 24.3 Å². The minimum absolute atomic E-state index is 0.00739. The molecule has 0 saturated carbocycles. The predicted molar refractivity (Wildman–Crippen MR) is 127 cm³/mol. The second-order valence-corrected chi connectivity index (χ2v) is 9.36. The van der Waals surface area contributed by atoms with Crippen LogP contribution in [0.3, 0.4) is 0 Å². The summed E-state index contributed by atoms with van der Waals surface area (Å²) in [6.07, 6.45) is 5.38. The van der Waals surface area contributed by atoms with Crippen LogP contribution in [-0.4, -0.2) is 42.9 Å². The van der Waals surface area contributed by atoms with Crippen LogP contribution in [0.25, 0.3) is 0 Å². The number of allylic oxidation sites excluding steroid dienone is 2. The number of carbonyl (C=O) groups is 2. The van der Waals surface area contributed by atoms with E-state index in [0.717, 1.165) is 46.7 Å². The van der Waals surface area contributed by atoms with E-state index in [-0.39, 0.29) is 24.6 Å². The zero-order valence-corrected chi connectivity index (χ0v) is 20.7. The number of nitrogens with zero attached hydrogens (tertiary/aromatic N) is 2. The molecular formula is C24H29N3O6S. The van der Waals surface area contributed by atoms with Crippen LogP contribution in [0.2, 0.25) is 0 Å². The van der Waals surface area contributed by atoms with Gasteiger partial charge in [-0.05, 0) is 45.1 Å². The summed E-state index contributed by atoms with van der Waals surface area (Å²) < 4.78 is 22.1. The molecular weight excluding hydrogens is 458 g/mol. The minimum Gasteiger partial charge on any atom is -0.496 e. The van der Waals surface area contributed by atoms with Crippen molar-refractivity contribution in [3.05, 3.63) is 38.9 Å². The van der Waals surface area contributed by atoms with E-state index in [1.807, 2.05) is 19.9 Å². The van der Waals surface area contributed by atoms with Crippen molar-refractivity contribution in [3.8, 4) is 11.5 Å². The summed E-state index contributed by atoms with van der Waals surface area (Å²) in [5.41, 5.74) is 3.99. The molecule has 2 aliphatic rings. The van der Waals surface area contributed by atoms with Gasteiger partial charge in [0, 0.05) is 24.2 Å². The standard InChI is InChI=1S/C24H29N3O6S/c1-13(8-10-18(28)25-24-27-26-22(34-24)17-6-5-11-32-17)7-9-15-20(30-3)14(2)16-12-33-23(29)19(16)21(15)31-4/h7,17H,5-6,8-12H2,1-4H3,(H,25,27,28)/t17-/m0/s1. The van der Waals surface area contributed by atoms with E-state index < -0.39 is 0 Å². The van der Waals surface area contributed by atoms with Crippen LogP contribution in [0.1, 0.15) is 70.8 Å². The van der Waals surface area contributed by atoms with Crippen LogP contribution in [0.15, 0.2) is 11.6 Å². The third-order valence-corrected chi connectivity index (χ3v) is 7.05. The lowest BCUT2D eigenvalue weighted by atomic mass is 9.94. The molecule has 1 N–H and O–H groups in total. The molecule has 0 bridgehead atoms. The first-order chi connectivity index (χ1) is 16.4. The third-order valence-electron chi connectivity index (χ3n) is 6.12. The van der Waals surface area contributed by atoms with Gasteiger partial charge in [0.1, 0.15) is 34.8 Å². The molecule has 3 heterocycles. The first kappa shape index (κ1) is 24.2. The second-order valence-electron chi connectivity index (χ2n) is 8.35. The van der Waals surface area contributed by atoms with Crippen molar-refractivity contribution in [2.45, 2.75) is 58.7 Å². The summed E-state index contributed by atoms with van der Waals surface area (Å²) in [4.78, 5) is 24.7. The Morgan fingerprint density at radius 1 is 1.24 bits per heavy atom. The van der Waals surface area contributed by atoms with Crippen LogP contribution in [0.5, 0.6) is 11.5 Å². The van der Waals surface area contributed by atoms with E-state index in [1.165, 1.54) is 18.4 Å².